The Morgan fingerprint density at radius 1 is 1.33 bits per heavy atom. The van der Waals surface area contributed by atoms with Crippen molar-refractivity contribution in [3.63, 3.8) is 0 Å². The molecule has 24 heavy (non-hydrogen) atoms. The van der Waals surface area contributed by atoms with Gasteiger partial charge in [0.1, 0.15) is 0 Å². The first-order valence-electron chi connectivity index (χ1n) is 7.69. The SMILES string of the molecule is CN(C(=O)c1cccc(NC(=O)c2ccc(Br)o2)c1)C1CCNC1. The van der Waals surface area contributed by atoms with E-state index in [4.69, 9.17) is 4.42 Å². The van der Waals surface area contributed by atoms with Gasteiger partial charge in [0.2, 0.25) is 0 Å². The Bertz CT molecular complexity index is 753. The van der Waals surface area contributed by atoms with Crippen LogP contribution < -0.4 is 10.6 Å². The third-order valence-electron chi connectivity index (χ3n) is 4.07. The molecule has 1 fully saturated rings. The summed E-state index contributed by atoms with van der Waals surface area (Å²) in [5.41, 5.74) is 1.10. The summed E-state index contributed by atoms with van der Waals surface area (Å²) in [6.07, 6.45) is 0.950. The van der Waals surface area contributed by atoms with Crippen molar-refractivity contribution in [3.8, 4) is 0 Å². The zero-order valence-corrected chi connectivity index (χ0v) is 14.8. The largest absolute Gasteiger partial charge is 0.444 e. The summed E-state index contributed by atoms with van der Waals surface area (Å²) >= 11 is 3.16. The molecule has 7 heteroatoms. The topological polar surface area (TPSA) is 74.6 Å². The predicted molar refractivity (Wildman–Crippen MR) is 94.2 cm³/mol. The maximum atomic E-state index is 12.6. The van der Waals surface area contributed by atoms with Gasteiger partial charge in [-0.05, 0) is 59.2 Å². The van der Waals surface area contributed by atoms with Crippen LogP contribution in [0.1, 0.15) is 27.3 Å². The molecule has 2 heterocycles. The van der Waals surface area contributed by atoms with Gasteiger partial charge in [0.25, 0.3) is 11.8 Å². The van der Waals surface area contributed by atoms with Crippen LogP contribution in [0.5, 0.6) is 0 Å². The summed E-state index contributed by atoms with van der Waals surface area (Å²) in [4.78, 5) is 26.5. The second-order valence-electron chi connectivity index (χ2n) is 5.70. The van der Waals surface area contributed by atoms with Crippen LogP contribution in [0.25, 0.3) is 0 Å². The van der Waals surface area contributed by atoms with Gasteiger partial charge in [0, 0.05) is 30.9 Å². The molecule has 0 saturated carbocycles. The molecule has 6 nitrogen and oxygen atoms in total. The molecule has 2 aromatic rings. The number of anilines is 1. The number of nitrogens with zero attached hydrogens (tertiary/aromatic N) is 1. The standard InChI is InChI=1S/C17H18BrN3O3/c1-21(13-7-8-19-10-13)17(23)11-3-2-4-12(9-11)20-16(22)14-5-6-15(18)24-14/h2-6,9,13,19H,7-8,10H2,1H3,(H,20,22). The monoisotopic (exact) mass is 391 g/mol. The number of likely N-dealkylation sites (N-methyl/N-ethyl adjacent to an activating group) is 1. The first kappa shape index (κ1) is 16.7. The summed E-state index contributed by atoms with van der Waals surface area (Å²) in [6, 6.07) is 10.4. The number of furan rings is 1. The maximum absolute atomic E-state index is 12.6. The normalized spacial score (nSPS) is 16.8. The van der Waals surface area contributed by atoms with E-state index in [9.17, 15) is 9.59 Å². The molecule has 1 aliphatic rings. The molecular formula is C17H18BrN3O3. The van der Waals surface area contributed by atoms with Crippen molar-refractivity contribution in [1.82, 2.24) is 10.2 Å². The molecule has 1 aromatic heterocycles. The number of benzene rings is 1. The van der Waals surface area contributed by atoms with Crippen LogP contribution in [0.2, 0.25) is 0 Å². The van der Waals surface area contributed by atoms with Crippen molar-refractivity contribution < 1.29 is 14.0 Å². The van der Waals surface area contributed by atoms with E-state index in [1.807, 2.05) is 7.05 Å². The van der Waals surface area contributed by atoms with Crippen LogP contribution in [0, 0.1) is 0 Å². The quantitative estimate of drug-likeness (QED) is 0.839. The Labute approximate surface area is 148 Å². The minimum Gasteiger partial charge on any atom is -0.444 e. The highest BCUT2D eigenvalue weighted by Crippen LogP contribution is 2.18. The molecule has 0 radical (unpaired) electrons. The van der Waals surface area contributed by atoms with E-state index < -0.39 is 0 Å². The van der Waals surface area contributed by atoms with Gasteiger partial charge in [0.05, 0.1) is 0 Å². The first-order valence-corrected chi connectivity index (χ1v) is 8.48. The van der Waals surface area contributed by atoms with Gasteiger partial charge in [-0.15, -0.1) is 0 Å². The lowest BCUT2D eigenvalue weighted by Crippen LogP contribution is -2.38. The summed E-state index contributed by atoms with van der Waals surface area (Å²) < 4.78 is 5.71. The van der Waals surface area contributed by atoms with Crippen molar-refractivity contribution in [2.45, 2.75) is 12.5 Å². The van der Waals surface area contributed by atoms with Gasteiger partial charge in [-0.2, -0.15) is 0 Å². The van der Waals surface area contributed by atoms with Gasteiger partial charge >= 0.3 is 0 Å². The van der Waals surface area contributed by atoms with E-state index in [1.54, 1.807) is 41.3 Å². The van der Waals surface area contributed by atoms with Crippen LogP contribution >= 0.6 is 15.9 Å². The number of nitrogens with one attached hydrogen (secondary N) is 2. The molecule has 126 valence electrons. The number of carbonyl (C=O) groups is 2. The number of carbonyl (C=O) groups excluding carboxylic acids is 2. The number of hydrogen-bond acceptors (Lipinski definition) is 4. The van der Waals surface area contributed by atoms with Crippen LogP contribution in [0.3, 0.4) is 0 Å². The summed E-state index contributed by atoms with van der Waals surface area (Å²) in [6.45, 7) is 1.74. The van der Waals surface area contributed by atoms with Gasteiger partial charge in [0.15, 0.2) is 10.4 Å². The first-order chi connectivity index (χ1) is 11.5. The highest BCUT2D eigenvalue weighted by atomic mass is 79.9. The summed E-state index contributed by atoms with van der Waals surface area (Å²) in [5, 5.41) is 5.99. The van der Waals surface area contributed by atoms with E-state index in [0.717, 1.165) is 19.5 Å². The van der Waals surface area contributed by atoms with E-state index in [2.05, 4.69) is 26.6 Å². The molecule has 1 aliphatic heterocycles. The minimum atomic E-state index is -0.362. The fourth-order valence-corrected chi connectivity index (χ4v) is 3.01. The second-order valence-corrected chi connectivity index (χ2v) is 6.48. The number of halogens is 1. The summed E-state index contributed by atoms with van der Waals surface area (Å²) in [7, 11) is 1.81. The lowest BCUT2D eigenvalue weighted by atomic mass is 10.1. The van der Waals surface area contributed by atoms with Gasteiger partial charge in [-0.25, -0.2) is 0 Å². The van der Waals surface area contributed by atoms with E-state index in [-0.39, 0.29) is 23.6 Å². The molecule has 1 atom stereocenters. The summed E-state index contributed by atoms with van der Waals surface area (Å²) in [5.74, 6) is -0.216. The third kappa shape index (κ3) is 3.68. The molecule has 0 spiro atoms. The molecular weight excluding hydrogens is 374 g/mol. The Morgan fingerprint density at radius 3 is 2.83 bits per heavy atom. The highest BCUT2D eigenvalue weighted by Gasteiger charge is 2.24. The fraction of sp³-hybridized carbons (Fsp3) is 0.294. The Kier molecular flexibility index (Phi) is 5.01. The van der Waals surface area contributed by atoms with Crippen molar-refractivity contribution in [2.75, 3.05) is 25.5 Å². The molecule has 3 rings (SSSR count). The fourth-order valence-electron chi connectivity index (χ4n) is 2.70. The Balaban J connectivity index is 1.71. The lowest BCUT2D eigenvalue weighted by Gasteiger charge is -2.24. The molecule has 1 unspecified atom stereocenters. The Hall–Kier alpha value is -2.12. The van der Waals surface area contributed by atoms with Gasteiger partial charge in [-0.3, -0.25) is 9.59 Å². The van der Waals surface area contributed by atoms with E-state index >= 15 is 0 Å². The van der Waals surface area contributed by atoms with Crippen LogP contribution in [0.4, 0.5) is 5.69 Å². The molecule has 2 amide bonds. The van der Waals surface area contributed by atoms with Crippen molar-refractivity contribution in [2.24, 2.45) is 0 Å². The number of amides is 2. The van der Waals surface area contributed by atoms with Crippen LogP contribution in [-0.4, -0.2) is 42.9 Å². The average Bonchev–Trinajstić information content (AvgIpc) is 3.25. The molecule has 1 aromatic carbocycles. The van der Waals surface area contributed by atoms with Crippen LogP contribution in [0.15, 0.2) is 45.5 Å². The minimum absolute atomic E-state index is 0.0551. The highest BCUT2D eigenvalue weighted by molar-refractivity contribution is 9.10. The van der Waals surface area contributed by atoms with E-state index in [0.29, 0.717) is 15.9 Å². The average molecular weight is 392 g/mol. The van der Waals surface area contributed by atoms with Crippen molar-refractivity contribution in [3.05, 3.63) is 52.4 Å². The van der Waals surface area contributed by atoms with Crippen LogP contribution in [-0.2, 0) is 0 Å². The molecule has 0 bridgehead atoms. The molecule has 2 N–H and O–H groups in total. The van der Waals surface area contributed by atoms with Crippen molar-refractivity contribution in [1.29, 1.82) is 0 Å². The third-order valence-corrected chi connectivity index (χ3v) is 4.49. The zero-order valence-electron chi connectivity index (χ0n) is 13.2. The van der Waals surface area contributed by atoms with Gasteiger partial charge in [-0.1, -0.05) is 6.07 Å². The molecule has 1 saturated heterocycles. The zero-order chi connectivity index (χ0) is 17.1. The molecule has 0 aliphatic carbocycles. The smallest absolute Gasteiger partial charge is 0.291 e. The van der Waals surface area contributed by atoms with Gasteiger partial charge < -0.3 is 20.0 Å². The van der Waals surface area contributed by atoms with E-state index in [1.165, 1.54) is 0 Å². The number of hydrogen-bond donors (Lipinski definition) is 2. The maximum Gasteiger partial charge on any atom is 0.291 e. The van der Waals surface area contributed by atoms with Crippen molar-refractivity contribution >= 4 is 33.4 Å². The predicted octanol–water partition coefficient (Wildman–Crippen LogP) is 2.73. The lowest BCUT2D eigenvalue weighted by molar-refractivity contribution is 0.0743. The second kappa shape index (κ2) is 7.19. The number of rotatable bonds is 4. The Morgan fingerprint density at radius 2 is 2.17 bits per heavy atom.